The molecule has 4 N–H and O–H groups in total. The van der Waals surface area contributed by atoms with Crippen molar-refractivity contribution in [1.29, 1.82) is 0 Å². The Balaban J connectivity index is 1.51. The molecule has 0 spiro atoms. The quantitative estimate of drug-likeness (QED) is 0.281. The summed E-state index contributed by atoms with van der Waals surface area (Å²) in [7, 11) is -4.28. The maximum Gasteiger partial charge on any atom is 0.459 e. The average Bonchev–Trinajstić information content (AvgIpc) is 3.42. The van der Waals surface area contributed by atoms with E-state index in [2.05, 4.69) is 10.1 Å². The van der Waals surface area contributed by atoms with E-state index in [9.17, 15) is 23.7 Å². The van der Waals surface area contributed by atoms with Crippen LogP contribution < -0.4 is 25.8 Å². The van der Waals surface area contributed by atoms with E-state index in [1.54, 1.807) is 32.0 Å². The van der Waals surface area contributed by atoms with Crippen LogP contribution in [0, 0.1) is 0 Å². The molecule has 38 heavy (non-hydrogen) atoms. The van der Waals surface area contributed by atoms with Gasteiger partial charge in [-0.15, -0.1) is 11.8 Å². The number of thioether (sulfide) groups is 1. The molecule has 0 bridgehead atoms. The first-order chi connectivity index (χ1) is 18.0. The number of carbonyl (C=O) groups excluding carboxylic acids is 1. The van der Waals surface area contributed by atoms with Crippen molar-refractivity contribution in [2.45, 2.75) is 62.2 Å². The molecular formula is C23H30FN4O8PS. The number of aliphatic hydroxyl groups excluding tert-OH is 1. The van der Waals surface area contributed by atoms with Gasteiger partial charge in [0, 0.05) is 18.7 Å². The van der Waals surface area contributed by atoms with E-state index >= 15 is 0 Å². The van der Waals surface area contributed by atoms with Gasteiger partial charge in [0.1, 0.15) is 34.8 Å². The molecule has 1 saturated heterocycles. The van der Waals surface area contributed by atoms with Crippen LogP contribution in [-0.4, -0.2) is 63.5 Å². The summed E-state index contributed by atoms with van der Waals surface area (Å²) in [4.78, 5) is 28.2. The Hall–Kier alpha value is -2.64. The van der Waals surface area contributed by atoms with Crippen molar-refractivity contribution in [3.05, 3.63) is 46.5 Å². The van der Waals surface area contributed by atoms with Gasteiger partial charge in [-0.25, -0.2) is 13.8 Å². The number of benzene rings is 1. The highest BCUT2D eigenvalue weighted by molar-refractivity contribution is 8.00. The number of rotatable bonds is 10. The van der Waals surface area contributed by atoms with Crippen molar-refractivity contribution in [3.8, 4) is 11.5 Å². The number of nitrogen functional groups attached to an aromatic ring is 1. The molecule has 12 nitrogen and oxygen atoms in total. The van der Waals surface area contributed by atoms with Crippen LogP contribution >= 0.6 is 19.5 Å². The van der Waals surface area contributed by atoms with E-state index < -0.39 is 61.1 Å². The first-order valence-electron chi connectivity index (χ1n) is 12.0. The van der Waals surface area contributed by atoms with Crippen LogP contribution in [0.5, 0.6) is 11.5 Å². The summed E-state index contributed by atoms with van der Waals surface area (Å²) in [5, 5.41) is 11.0. The van der Waals surface area contributed by atoms with Crippen LogP contribution in [0.15, 0.2) is 35.3 Å². The third kappa shape index (κ3) is 6.49. The van der Waals surface area contributed by atoms with Crippen LogP contribution in [0.3, 0.4) is 0 Å². The molecule has 0 saturated carbocycles. The van der Waals surface area contributed by atoms with Crippen molar-refractivity contribution < 1.29 is 37.4 Å². The number of anilines is 1. The second-order valence-electron chi connectivity index (χ2n) is 9.13. The maximum atomic E-state index is 15.0. The Kier molecular flexibility index (Phi) is 8.68. The van der Waals surface area contributed by atoms with Gasteiger partial charge in [-0.3, -0.25) is 13.9 Å². The average molecular weight is 573 g/mol. The van der Waals surface area contributed by atoms with E-state index in [1.165, 1.54) is 19.2 Å². The van der Waals surface area contributed by atoms with Crippen molar-refractivity contribution in [2.75, 3.05) is 18.9 Å². The van der Waals surface area contributed by atoms with Crippen molar-refractivity contribution >= 4 is 31.3 Å². The SMILES string of the molecule is CC(C)OC(=O)[C@H](C)N[P@](=O)(OC[C@H]1S[C@@H](n2ccc(N)nc2=O)[C@@H](F)[C@@H]1O)Oc1ccc2c(c1)OCC2. The number of alkyl halides is 1. The smallest absolute Gasteiger partial charge is 0.459 e. The van der Waals surface area contributed by atoms with E-state index in [1.807, 2.05) is 0 Å². The summed E-state index contributed by atoms with van der Waals surface area (Å²) in [6.07, 6.45) is -1.79. The Morgan fingerprint density at radius 3 is 2.87 bits per heavy atom. The van der Waals surface area contributed by atoms with Gasteiger partial charge in [0.05, 0.1) is 24.6 Å². The fourth-order valence-electron chi connectivity index (χ4n) is 3.91. The molecule has 0 radical (unpaired) electrons. The molecule has 3 heterocycles. The molecule has 208 valence electrons. The number of nitrogens with zero attached hydrogens (tertiary/aromatic N) is 2. The van der Waals surface area contributed by atoms with Crippen LogP contribution in [-0.2, 0) is 25.0 Å². The van der Waals surface area contributed by atoms with E-state index in [-0.39, 0.29) is 11.6 Å². The number of fused-ring (bicyclic) bond motifs is 1. The molecule has 0 aliphatic carbocycles. The molecule has 2 aliphatic heterocycles. The summed E-state index contributed by atoms with van der Waals surface area (Å²) in [6.45, 7) is 4.86. The monoisotopic (exact) mass is 572 g/mol. The second-order valence-corrected chi connectivity index (χ2v) is 12.2. The molecule has 6 atom stereocenters. The Labute approximate surface area is 222 Å². The lowest BCUT2D eigenvalue weighted by atomic mass is 10.1. The second kappa shape index (κ2) is 11.6. The molecule has 1 aromatic heterocycles. The molecule has 1 aromatic carbocycles. The minimum absolute atomic E-state index is 0.0173. The lowest BCUT2D eigenvalue weighted by Crippen LogP contribution is -2.37. The number of hydrogen-bond acceptors (Lipinski definition) is 11. The molecule has 4 rings (SSSR count). The number of halogens is 1. The zero-order chi connectivity index (χ0) is 27.6. The van der Waals surface area contributed by atoms with Crippen LogP contribution in [0.4, 0.5) is 10.2 Å². The zero-order valence-electron chi connectivity index (χ0n) is 21.0. The molecule has 2 aliphatic rings. The molecular weight excluding hydrogens is 542 g/mol. The van der Waals surface area contributed by atoms with Gasteiger partial charge < -0.3 is 24.8 Å². The van der Waals surface area contributed by atoms with Gasteiger partial charge >= 0.3 is 19.4 Å². The largest absolute Gasteiger partial charge is 0.493 e. The number of ether oxygens (including phenoxy) is 2. The number of hydrogen-bond donors (Lipinski definition) is 3. The Bertz CT molecular complexity index is 1280. The third-order valence-electron chi connectivity index (χ3n) is 5.78. The first kappa shape index (κ1) is 28.4. The fourth-order valence-corrected chi connectivity index (χ4v) is 6.94. The maximum absolute atomic E-state index is 15.0. The predicted octanol–water partition coefficient (Wildman–Crippen LogP) is 2.21. The number of aliphatic hydroxyl groups is 1. The highest BCUT2D eigenvalue weighted by Gasteiger charge is 2.46. The topological polar surface area (TPSA) is 164 Å². The van der Waals surface area contributed by atoms with Gasteiger partial charge in [0.2, 0.25) is 0 Å². The highest BCUT2D eigenvalue weighted by Crippen LogP contribution is 2.49. The lowest BCUT2D eigenvalue weighted by molar-refractivity contribution is -0.149. The molecule has 2 aromatic rings. The van der Waals surface area contributed by atoms with Gasteiger partial charge in [0.15, 0.2) is 6.17 Å². The minimum Gasteiger partial charge on any atom is -0.493 e. The summed E-state index contributed by atoms with van der Waals surface area (Å²) >= 11 is 0.913. The van der Waals surface area contributed by atoms with Crippen LogP contribution in [0.2, 0.25) is 0 Å². The predicted molar refractivity (Wildman–Crippen MR) is 138 cm³/mol. The van der Waals surface area contributed by atoms with Crippen molar-refractivity contribution in [2.24, 2.45) is 0 Å². The van der Waals surface area contributed by atoms with E-state index in [0.717, 1.165) is 28.3 Å². The van der Waals surface area contributed by atoms with Gasteiger partial charge in [-0.05, 0) is 38.5 Å². The third-order valence-corrected chi connectivity index (χ3v) is 8.95. The van der Waals surface area contributed by atoms with Crippen LogP contribution in [0.1, 0.15) is 31.7 Å². The normalized spacial score (nSPS) is 24.9. The number of esters is 1. The Morgan fingerprint density at radius 2 is 2.16 bits per heavy atom. The van der Waals surface area contributed by atoms with Gasteiger partial charge in [0.25, 0.3) is 0 Å². The number of nitrogens with one attached hydrogen (secondary N) is 1. The molecule has 0 amide bonds. The molecule has 1 fully saturated rings. The summed E-state index contributed by atoms with van der Waals surface area (Å²) in [5.74, 6) is 0.0374. The van der Waals surface area contributed by atoms with Crippen molar-refractivity contribution in [1.82, 2.24) is 14.6 Å². The number of carbonyl (C=O) groups is 1. The van der Waals surface area contributed by atoms with Gasteiger partial charge in [-0.1, -0.05) is 6.07 Å². The molecule has 15 heteroatoms. The number of nitrogens with two attached hydrogens (primary N) is 1. The highest BCUT2D eigenvalue weighted by atomic mass is 32.2. The van der Waals surface area contributed by atoms with Gasteiger partial charge in [-0.2, -0.15) is 10.1 Å². The van der Waals surface area contributed by atoms with Crippen LogP contribution in [0.25, 0.3) is 0 Å². The summed E-state index contributed by atoms with van der Waals surface area (Å²) < 4.78 is 51.8. The van der Waals surface area contributed by atoms with Crippen molar-refractivity contribution in [3.63, 3.8) is 0 Å². The zero-order valence-corrected chi connectivity index (χ0v) is 22.7. The Morgan fingerprint density at radius 1 is 1.39 bits per heavy atom. The fraction of sp³-hybridized carbons (Fsp3) is 0.522. The number of aromatic nitrogens is 2. The standard InChI is InChI=1S/C23H30FN4O8PS/c1-12(2)35-22(30)13(3)27-37(32,36-15-5-4-14-7-9-33-16(14)10-15)34-11-17-20(29)19(24)21(38-17)28-8-6-18(25)26-23(28)31/h4-6,8,10,12-13,17,19-21,29H,7,9,11H2,1-3H3,(H,27,32)(H2,25,26,31)/t13-,17+,19-,20+,21+,37-/m0/s1. The summed E-state index contributed by atoms with van der Waals surface area (Å²) in [6, 6.07) is 5.18. The molecule has 0 unspecified atom stereocenters. The van der Waals surface area contributed by atoms with E-state index in [4.69, 9.17) is 24.3 Å². The minimum atomic E-state index is -4.28. The first-order valence-corrected chi connectivity index (χ1v) is 14.4. The lowest BCUT2D eigenvalue weighted by Gasteiger charge is -2.25. The summed E-state index contributed by atoms with van der Waals surface area (Å²) in [5.41, 5.74) is 5.70. The van der Waals surface area contributed by atoms with E-state index in [0.29, 0.717) is 12.4 Å².